The number of hydrogen-bond donors (Lipinski definition) is 2. The number of hydrogen-bond acceptors (Lipinski definition) is 10. The molecule has 4 fully saturated rings. The van der Waals surface area contributed by atoms with E-state index in [-0.39, 0.29) is 41.7 Å². The Kier molecular flexibility index (Phi) is 6.98. The number of nitrogens with one attached hydrogen (secondary N) is 1. The average molecular weight is 627 g/mol. The largest absolute Gasteiger partial charge is 0.508 e. The predicted molar refractivity (Wildman–Crippen MR) is 172 cm³/mol. The van der Waals surface area contributed by atoms with Crippen molar-refractivity contribution in [2.24, 2.45) is 0 Å². The van der Waals surface area contributed by atoms with Crippen LogP contribution < -0.4 is 10.2 Å². The second-order valence-electron chi connectivity index (χ2n) is 13.4. The van der Waals surface area contributed by atoms with Crippen molar-refractivity contribution in [2.45, 2.75) is 69.1 Å². The number of nitrogens with zero attached hydrogens (tertiary/aromatic N) is 7. The summed E-state index contributed by atoms with van der Waals surface area (Å²) >= 11 is 0. The first-order valence-electron chi connectivity index (χ1n) is 16.4. The molecular formula is C34H39FN8O3. The number of piperazine rings is 1. The summed E-state index contributed by atoms with van der Waals surface area (Å²) in [6.07, 6.45) is 4.78. The van der Waals surface area contributed by atoms with Gasteiger partial charge in [0.2, 0.25) is 0 Å². The summed E-state index contributed by atoms with van der Waals surface area (Å²) in [5, 5.41) is 25.0. The Morgan fingerprint density at radius 1 is 1.20 bits per heavy atom. The van der Waals surface area contributed by atoms with E-state index in [1.54, 1.807) is 26.2 Å². The number of carbonyl (C=O) groups excluding carboxylic acids is 1. The lowest BCUT2D eigenvalue weighted by Gasteiger charge is -2.35. The number of halogens is 1. The Labute approximate surface area is 266 Å². The Hall–Kier alpha value is -4.16. The van der Waals surface area contributed by atoms with Crippen molar-refractivity contribution >= 4 is 33.7 Å². The van der Waals surface area contributed by atoms with E-state index in [4.69, 9.17) is 14.7 Å². The lowest BCUT2D eigenvalue weighted by Crippen LogP contribution is -2.46. The fraction of sp³-hybridized carbons (Fsp3) is 0.500. The smallest absolute Gasteiger partial charge is 0.409 e. The molecule has 6 heterocycles. The lowest BCUT2D eigenvalue weighted by molar-refractivity contribution is 0.0660. The topological polar surface area (TPSA) is 120 Å². The van der Waals surface area contributed by atoms with Crippen LogP contribution in [-0.4, -0.2) is 99.6 Å². The molecule has 12 heteroatoms. The fourth-order valence-electron chi connectivity index (χ4n) is 8.40. The van der Waals surface area contributed by atoms with Gasteiger partial charge in [0, 0.05) is 50.9 Å². The molecule has 4 aliphatic rings. The second-order valence-corrected chi connectivity index (χ2v) is 13.4. The quantitative estimate of drug-likeness (QED) is 0.320. The van der Waals surface area contributed by atoms with Crippen molar-refractivity contribution in [3.05, 3.63) is 47.5 Å². The number of anilines is 1. The van der Waals surface area contributed by atoms with Crippen LogP contribution in [-0.2, 0) is 16.7 Å². The molecule has 0 aliphatic carbocycles. The molecule has 4 atom stereocenters. The van der Waals surface area contributed by atoms with E-state index in [2.05, 4.69) is 32.2 Å². The van der Waals surface area contributed by atoms with Gasteiger partial charge in [0.15, 0.2) is 23.0 Å². The van der Waals surface area contributed by atoms with Crippen molar-refractivity contribution < 1.29 is 19.0 Å². The van der Waals surface area contributed by atoms with Gasteiger partial charge in [-0.15, -0.1) is 10.2 Å². The van der Waals surface area contributed by atoms with Crippen molar-refractivity contribution in [2.75, 3.05) is 45.2 Å². The molecule has 4 aliphatic heterocycles. The SMILES string of the molecule is CCc1cccc2cc(O)cc(-c3nnc4c(N5C[C@@H]6C[C@H]5CN6)nc(C56CCCN5[C@@H](COC(=O)N(C)C)CC6)nc4c3F)c12. The van der Waals surface area contributed by atoms with Crippen LogP contribution in [0.4, 0.5) is 15.0 Å². The molecule has 240 valence electrons. The molecule has 2 N–H and O–H groups in total. The molecule has 0 spiro atoms. The van der Waals surface area contributed by atoms with Crippen LogP contribution in [0.3, 0.4) is 0 Å². The second kappa shape index (κ2) is 11.0. The van der Waals surface area contributed by atoms with E-state index in [0.29, 0.717) is 28.8 Å². The number of ether oxygens (including phenoxy) is 1. The molecule has 0 saturated carbocycles. The predicted octanol–water partition coefficient (Wildman–Crippen LogP) is 4.35. The maximum atomic E-state index is 17.1. The highest BCUT2D eigenvalue weighted by atomic mass is 19.1. The number of benzene rings is 2. The Balaban J connectivity index is 1.29. The molecule has 0 radical (unpaired) electrons. The number of aromatic nitrogens is 4. The molecule has 46 heavy (non-hydrogen) atoms. The van der Waals surface area contributed by atoms with Crippen molar-refractivity contribution in [3.63, 3.8) is 0 Å². The summed E-state index contributed by atoms with van der Waals surface area (Å²) < 4.78 is 22.7. The molecule has 1 amide bonds. The zero-order valence-corrected chi connectivity index (χ0v) is 26.5. The molecule has 2 bridgehead atoms. The minimum absolute atomic E-state index is 0.0308. The number of rotatable bonds is 6. The average Bonchev–Trinajstić information content (AvgIpc) is 3.85. The summed E-state index contributed by atoms with van der Waals surface area (Å²) in [7, 11) is 3.35. The van der Waals surface area contributed by atoms with E-state index in [9.17, 15) is 9.90 Å². The molecule has 2 aromatic carbocycles. The highest BCUT2D eigenvalue weighted by Gasteiger charge is 2.53. The molecule has 4 aromatic rings. The van der Waals surface area contributed by atoms with Crippen LogP contribution >= 0.6 is 0 Å². The van der Waals surface area contributed by atoms with Gasteiger partial charge in [-0.25, -0.2) is 19.2 Å². The number of amides is 1. The first-order chi connectivity index (χ1) is 22.3. The van der Waals surface area contributed by atoms with Crippen molar-refractivity contribution in [1.82, 2.24) is 35.3 Å². The first kappa shape index (κ1) is 29.3. The third kappa shape index (κ3) is 4.48. The zero-order valence-electron chi connectivity index (χ0n) is 26.5. The summed E-state index contributed by atoms with van der Waals surface area (Å²) in [6, 6.07) is 9.76. The van der Waals surface area contributed by atoms with Crippen LogP contribution in [0.15, 0.2) is 30.3 Å². The van der Waals surface area contributed by atoms with Gasteiger partial charge < -0.3 is 25.0 Å². The van der Waals surface area contributed by atoms with Crippen LogP contribution in [0, 0.1) is 5.82 Å². The number of carbonyl (C=O) groups is 1. The summed E-state index contributed by atoms with van der Waals surface area (Å²) in [4.78, 5) is 28.6. The summed E-state index contributed by atoms with van der Waals surface area (Å²) in [5.74, 6) is 0.697. The number of phenolic OH excluding ortho intramolecular Hbond substituents is 1. The molecule has 8 rings (SSSR count). The minimum atomic E-state index is -0.564. The third-order valence-electron chi connectivity index (χ3n) is 10.6. The lowest BCUT2D eigenvalue weighted by atomic mass is 9.92. The zero-order chi connectivity index (χ0) is 31.7. The van der Waals surface area contributed by atoms with Crippen LogP contribution in [0.1, 0.15) is 50.4 Å². The molecule has 1 unspecified atom stereocenters. The first-order valence-corrected chi connectivity index (χ1v) is 16.4. The summed E-state index contributed by atoms with van der Waals surface area (Å²) in [6.45, 7) is 4.77. The van der Waals surface area contributed by atoms with Crippen LogP contribution in [0.25, 0.3) is 33.1 Å². The van der Waals surface area contributed by atoms with Crippen molar-refractivity contribution in [3.8, 4) is 17.0 Å². The van der Waals surface area contributed by atoms with Gasteiger partial charge in [-0.3, -0.25) is 4.90 Å². The molecule has 4 saturated heterocycles. The normalized spacial score (nSPS) is 25.6. The number of phenols is 1. The summed E-state index contributed by atoms with van der Waals surface area (Å²) in [5.41, 5.74) is 1.61. The van der Waals surface area contributed by atoms with Gasteiger partial charge in [-0.05, 0) is 73.5 Å². The van der Waals surface area contributed by atoms with E-state index in [1.807, 2.05) is 18.2 Å². The van der Waals surface area contributed by atoms with Gasteiger partial charge in [0.05, 0.1) is 5.54 Å². The Bertz CT molecular complexity index is 1870. The Morgan fingerprint density at radius 3 is 2.83 bits per heavy atom. The van der Waals surface area contributed by atoms with Gasteiger partial charge in [0.25, 0.3) is 0 Å². The number of fused-ring (bicyclic) bond motifs is 5. The molecule has 2 aromatic heterocycles. The molecular weight excluding hydrogens is 587 g/mol. The number of aryl methyl sites for hydroxylation is 1. The standard InChI is InChI=1S/C34H39FN8O3/c1-4-19-7-5-8-20-13-24(44)15-25(26(19)20)28-27(35)29-30(40-39-28)31(42-17-21-14-23(42)16-36-21)38-32(37-29)34-10-6-12-43(34)22(9-11-34)18-46-33(45)41(2)3/h5,7-8,13,15,21-23,36,44H,4,6,9-12,14,16-18H2,1-3H3/t21-,22+,23-,34?/m0/s1. The van der Waals surface area contributed by atoms with Gasteiger partial charge >= 0.3 is 6.09 Å². The van der Waals surface area contributed by atoms with Gasteiger partial charge in [-0.2, -0.15) is 0 Å². The Morgan fingerprint density at radius 2 is 2.07 bits per heavy atom. The van der Waals surface area contributed by atoms with Gasteiger partial charge in [0.1, 0.15) is 23.6 Å². The maximum Gasteiger partial charge on any atom is 0.409 e. The maximum absolute atomic E-state index is 17.1. The van der Waals surface area contributed by atoms with E-state index in [1.165, 1.54) is 4.90 Å². The number of aromatic hydroxyl groups is 1. The third-order valence-corrected chi connectivity index (χ3v) is 10.6. The van der Waals surface area contributed by atoms with E-state index < -0.39 is 11.4 Å². The fourth-order valence-corrected chi connectivity index (χ4v) is 8.40. The van der Waals surface area contributed by atoms with Crippen LogP contribution in [0.2, 0.25) is 0 Å². The monoisotopic (exact) mass is 626 g/mol. The van der Waals surface area contributed by atoms with Crippen LogP contribution in [0.5, 0.6) is 5.75 Å². The van der Waals surface area contributed by atoms with Gasteiger partial charge in [-0.1, -0.05) is 25.1 Å². The van der Waals surface area contributed by atoms with E-state index >= 15 is 4.39 Å². The van der Waals surface area contributed by atoms with Crippen molar-refractivity contribution in [1.29, 1.82) is 0 Å². The highest BCUT2D eigenvalue weighted by Crippen LogP contribution is 2.50. The highest BCUT2D eigenvalue weighted by molar-refractivity contribution is 6.01. The minimum Gasteiger partial charge on any atom is -0.508 e. The van der Waals surface area contributed by atoms with E-state index in [0.717, 1.165) is 74.5 Å². The molecule has 11 nitrogen and oxygen atoms in total.